The minimum atomic E-state index is -3.54. The van der Waals surface area contributed by atoms with Crippen LogP contribution in [0.3, 0.4) is 0 Å². The molecule has 0 atom stereocenters. The third-order valence-electron chi connectivity index (χ3n) is 6.35. The van der Waals surface area contributed by atoms with Crippen LogP contribution in [0.15, 0.2) is 89.8 Å². The number of anilines is 1. The summed E-state index contributed by atoms with van der Waals surface area (Å²) in [6.07, 6.45) is 3.90. The number of aromatic nitrogens is 1. The normalized spacial score (nSPS) is 15.0. The van der Waals surface area contributed by atoms with Gasteiger partial charge >= 0.3 is 0 Å². The highest BCUT2D eigenvalue weighted by atomic mass is 32.2. The molecule has 3 aromatic carbocycles. The predicted molar refractivity (Wildman–Crippen MR) is 139 cm³/mol. The number of benzene rings is 3. The molecule has 0 saturated carbocycles. The molecule has 7 heteroatoms. The molecule has 5 rings (SSSR count). The molecule has 4 aromatic rings. The van der Waals surface area contributed by atoms with E-state index in [2.05, 4.69) is 5.32 Å². The largest absolute Gasteiger partial charge is 0.322 e. The van der Waals surface area contributed by atoms with E-state index in [1.807, 2.05) is 54.6 Å². The van der Waals surface area contributed by atoms with Gasteiger partial charge in [0, 0.05) is 29.7 Å². The number of fused-ring (bicyclic) bond motifs is 1. The Morgan fingerprint density at radius 3 is 2.17 bits per heavy atom. The van der Waals surface area contributed by atoms with Crippen molar-refractivity contribution in [2.45, 2.75) is 30.6 Å². The SMILES string of the molecule is O=C(Nc1ccc(S(=O)(=O)N2CCCCCC2)cc1)c1cc(-c2ccccc2)nc2ccccc12. The molecule has 1 aromatic heterocycles. The van der Waals surface area contributed by atoms with Gasteiger partial charge in [0.2, 0.25) is 10.0 Å². The minimum absolute atomic E-state index is 0.248. The van der Waals surface area contributed by atoms with Crippen LogP contribution in [0.5, 0.6) is 0 Å². The van der Waals surface area contributed by atoms with Gasteiger partial charge in [-0.1, -0.05) is 61.4 Å². The molecule has 1 amide bonds. The first-order valence-corrected chi connectivity index (χ1v) is 13.3. The van der Waals surface area contributed by atoms with Gasteiger partial charge in [0.1, 0.15) is 0 Å². The van der Waals surface area contributed by atoms with E-state index in [1.54, 1.807) is 34.6 Å². The molecule has 0 bridgehead atoms. The van der Waals surface area contributed by atoms with Gasteiger partial charge in [0.15, 0.2) is 0 Å². The third-order valence-corrected chi connectivity index (χ3v) is 8.26. The molecule has 1 aliphatic rings. The van der Waals surface area contributed by atoms with Gasteiger partial charge in [-0.2, -0.15) is 4.31 Å². The summed E-state index contributed by atoms with van der Waals surface area (Å²) in [4.78, 5) is 18.3. The van der Waals surface area contributed by atoms with Gasteiger partial charge in [-0.25, -0.2) is 13.4 Å². The van der Waals surface area contributed by atoms with E-state index in [0.29, 0.717) is 30.0 Å². The second-order valence-electron chi connectivity index (χ2n) is 8.74. The van der Waals surface area contributed by atoms with Crippen LogP contribution in [0, 0.1) is 0 Å². The first-order chi connectivity index (χ1) is 17.0. The summed E-state index contributed by atoms with van der Waals surface area (Å²) in [5.41, 5.74) is 3.42. The second-order valence-corrected chi connectivity index (χ2v) is 10.7. The molecule has 0 unspecified atom stereocenters. The molecule has 1 saturated heterocycles. The monoisotopic (exact) mass is 485 g/mol. The second kappa shape index (κ2) is 9.98. The average molecular weight is 486 g/mol. The number of carbonyl (C=O) groups is 1. The molecular formula is C28H27N3O3S. The molecule has 6 nitrogen and oxygen atoms in total. The van der Waals surface area contributed by atoms with Crippen molar-refractivity contribution in [1.29, 1.82) is 0 Å². The summed E-state index contributed by atoms with van der Waals surface area (Å²) >= 11 is 0. The smallest absolute Gasteiger partial charge is 0.256 e. The molecule has 0 radical (unpaired) electrons. The fourth-order valence-corrected chi connectivity index (χ4v) is 5.98. The van der Waals surface area contributed by atoms with E-state index in [1.165, 1.54) is 0 Å². The maximum absolute atomic E-state index is 13.3. The number of rotatable bonds is 5. The van der Waals surface area contributed by atoms with E-state index < -0.39 is 10.0 Å². The Balaban J connectivity index is 1.41. The standard InChI is InChI=1S/C28H27N3O3S/c32-28(25-20-27(21-10-4-3-5-11-21)30-26-13-7-6-12-24(25)26)29-22-14-16-23(17-15-22)35(33,34)31-18-8-1-2-9-19-31/h3-7,10-17,20H,1-2,8-9,18-19H2,(H,29,32). The number of nitrogens with zero attached hydrogens (tertiary/aromatic N) is 2. The summed E-state index contributed by atoms with van der Waals surface area (Å²) in [6, 6.07) is 25.5. The summed E-state index contributed by atoms with van der Waals surface area (Å²) in [5.74, 6) is -0.274. The number of para-hydroxylation sites is 1. The Bertz CT molecular complexity index is 1440. The predicted octanol–water partition coefficient (Wildman–Crippen LogP) is 5.72. The summed E-state index contributed by atoms with van der Waals surface area (Å²) < 4.78 is 27.7. The van der Waals surface area contributed by atoms with E-state index in [-0.39, 0.29) is 10.8 Å². The van der Waals surface area contributed by atoms with Crippen LogP contribution in [0.4, 0.5) is 5.69 Å². The van der Waals surface area contributed by atoms with Crippen molar-refractivity contribution >= 4 is 32.5 Å². The Morgan fingerprint density at radius 2 is 1.46 bits per heavy atom. The highest BCUT2D eigenvalue weighted by molar-refractivity contribution is 7.89. The zero-order valence-corrected chi connectivity index (χ0v) is 20.2. The van der Waals surface area contributed by atoms with E-state index in [0.717, 1.165) is 42.1 Å². The number of carbonyl (C=O) groups excluding carboxylic acids is 1. The van der Waals surface area contributed by atoms with Gasteiger partial charge in [-0.15, -0.1) is 0 Å². The number of sulfonamides is 1. The molecule has 178 valence electrons. The first-order valence-electron chi connectivity index (χ1n) is 11.9. The Hall–Kier alpha value is -3.55. The van der Waals surface area contributed by atoms with Gasteiger partial charge in [0.05, 0.1) is 21.7 Å². The van der Waals surface area contributed by atoms with Gasteiger partial charge in [-0.05, 0) is 49.2 Å². The van der Waals surface area contributed by atoms with Crippen molar-refractivity contribution in [3.8, 4) is 11.3 Å². The van der Waals surface area contributed by atoms with E-state index in [4.69, 9.17) is 4.98 Å². The van der Waals surface area contributed by atoms with Crippen molar-refractivity contribution < 1.29 is 13.2 Å². The number of pyridine rings is 1. The quantitative estimate of drug-likeness (QED) is 0.392. The van der Waals surface area contributed by atoms with Crippen molar-refractivity contribution in [1.82, 2.24) is 9.29 Å². The topological polar surface area (TPSA) is 79.4 Å². The molecule has 1 fully saturated rings. The summed E-state index contributed by atoms with van der Waals surface area (Å²) in [6.45, 7) is 1.11. The van der Waals surface area contributed by atoms with Gasteiger partial charge in [-0.3, -0.25) is 4.79 Å². The van der Waals surface area contributed by atoms with Crippen LogP contribution in [0.2, 0.25) is 0 Å². The number of hydrogen-bond donors (Lipinski definition) is 1. The van der Waals surface area contributed by atoms with E-state index >= 15 is 0 Å². The fourth-order valence-electron chi connectivity index (χ4n) is 4.46. The van der Waals surface area contributed by atoms with Crippen molar-refractivity contribution in [3.63, 3.8) is 0 Å². The number of hydrogen-bond acceptors (Lipinski definition) is 4. The van der Waals surface area contributed by atoms with Crippen LogP contribution >= 0.6 is 0 Å². The minimum Gasteiger partial charge on any atom is -0.322 e. The summed E-state index contributed by atoms with van der Waals surface area (Å²) in [7, 11) is -3.54. The molecule has 0 spiro atoms. The summed E-state index contributed by atoms with van der Waals surface area (Å²) in [5, 5.41) is 3.68. The van der Waals surface area contributed by atoms with Crippen molar-refractivity contribution in [2.75, 3.05) is 18.4 Å². The van der Waals surface area contributed by atoms with Crippen molar-refractivity contribution in [2.24, 2.45) is 0 Å². The van der Waals surface area contributed by atoms with Crippen LogP contribution in [-0.4, -0.2) is 36.7 Å². The number of amides is 1. The van der Waals surface area contributed by atoms with Gasteiger partial charge in [0.25, 0.3) is 5.91 Å². The highest BCUT2D eigenvalue weighted by Crippen LogP contribution is 2.26. The lowest BCUT2D eigenvalue weighted by molar-refractivity contribution is 0.102. The third kappa shape index (κ3) is 4.97. The van der Waals surface area contributed by atoms with Crippen LogP contribution in [-0.2, 0) is 10.0 Å². The first kappa shape index (κ1) is 23.2. The highest BCUT2D eigenvalue weighted by Gasteiger charge is 2.25. The van der Waals surface area contributed by atoms with Crippen LogP contribution in [0.1, 0.15) is 36.0 Å². The Kier molecular flexibility index (Phi) is 6.61. The molecule has 0 aliphatic carbocycles. The van der Waals surface area contributed by atoms with Crippen LogP contribution in [0.25, 0.3) is 22.2 Å². The van der Waals surface area contributed by atoms with E-state index in [9.17, 15) is 13.2 Å². The Labute approximate surface area is 205 Å². The molecule has 1 N–H and O–H groups in total. The average Bonchev–Trinajstić information content (AvgIpc) is 3.19. The van der Waals surface area contributed by atoms with Crippen LogP contribution < -0.4 is 5.32 Å². The van der Waals surface area contributed by atoms with Crippen molar-refractivity contribution in [3.05, 3.63) is 90.5 Å². The lowest BCUT2D eigenvalue weighted by atomic mass is 10.0. The molecule has 2 heterocycles. The maximum Gasteiger partial charge on any atom is 0.256 e. The zero-order valence-electron chi connectivity index (χ0n) is 19.4. The number of nitrogens with one attached hydrogen (secondary N) is 1. The lowest BCUT2D eigenvalue weighted by Crippen LogP contribution is -2.31. The molecule has 35 heavy (non-hydrogen) atoms. The molecule has 1 aliphatic heterocycles. The van der Waals surface area contributed by atoms with Gasteiger partial charge < -0.3 is 5.32 Å². The fraction of sp³-hybridized carbons (Fsp3) is 0.214. The Morgan fingerprint density at radius 1 is 0.800 bits per heavy atom. The zero-order chi connectivity index (χ0) is 24.3. The lowest BCUT2D eigenvalue weighted by Gasteiger charge is -2.20. The molecular weight excluding hydrogens is 458 g/mol. The maximum atomic E-state index is 13.3.